The molecule has 2 unspecified atom stereocenters. The smallest absolute Gasteiger partial charge is 0.0910 e. The summed E-state index contributed by atoms with van der Waals surface area (Å²) in [7, 11) is -0.944. The second kappa shape index (κ2) is 6.10. The molecule has 0 aliphatic carbocycles. The predicted octanol–water partition coefficient (Wildman–Crippen LogP) is 2.60. The van der Waals surface area contributed by atoms with Crippen LogP contribution < -0.4 is 5.73 Å². The van der Waals surface area contributed by atoms with Gasteiger partial charge in [-0.3, -0.25) is 4.21 Å². The van der Waals surface area contributed by atoms with Crippen molar-refractivity contribution in [3.8, 4) is 0 Å². The van der Waals surface area contributed by atoms with Gasteiger partial charge in [-0.15, -0.1) is 11.3 Å². The molecule has 2 nitrogen and oxygen atoms in total. The first-order valence-corrected chi connectivity index (χ1v) is 7.68. The summed E-state index contributed by atoms with van der Waals surface area (Å²) in [4.78, 5) is 0. The fourth-order valence-corrected chi connectivity index (χ4v) is 4.02. The van der Waals surface area contributed by atoms with Crippen molar-refractivity contribution in [1.82, 2.24) is 0 Å². The van der Waals surface area contributed by atoms with Crippen molar-refractivity contribution in [2.24, 2.45) is 5.73 Å². The third-order valence-corrected chi connectivity index (χ3v) is 5.43. The van der Waals surface area contributed by atoms with E-state index < -0.39 is 10.8 Å². The minimum atomic E-state index is -0.944. The topological polar surface area (TPSA) is 43.1 Å². The molecular weight excluding hydrogens is 250 g/mol. The summed E-state index contributed by atoms with van der Waals surface area (Å²) >= 11 is 1.54. The first kappa shape index (κ1) is 12.5. The third-order valence-electron chi connectivity index (χ3n) is 2.63. The van der Waals surface area contributed by atoms with Crippen molar-refractivity contribution < 1.29 is 4.21 Å². The van der Waals surface area contributed by atoms with Crippen molar-refractivity contribution in [2.45, 2.75) is 10.1 Å². The number of nitrogens with two attached hydrogens (primary N) is 1. The van der Waals surface area contributed by atoms with E-state index in [0.29, 0.717) is 12.3 Å². The van der Waals surface area contributed by atoms with E-state index in [9.17, 15) is 4.21 Å². The lowest BCUT2D eigenvalue weighted by atomic mass is 10.0. The second-order valence-electron chi connectivity index (χ2n) is 3.79. The summed E-state index contributed by atoms with van der Waals surface area (Å²) in [6.07, 6.45) is 0. The van der Waals surface area contributed by atoms with Crippen LogP contribution in [0.4, 0.5) is 0 Å². The van der Waals surface area contributed by atoms with Crippen LogP contribution in [0, 0.1) is 0 Å². The molecule has 1 heterocycles. The molecule has 2 rings (SSSR count). The van der Waals surface area contributed by atoms with Crippen LogP contribution in [0.5, 0.6) is 0 Å². The van der Waals surface area contributed by atoms with Gasteiger partial charge in [-0.05, 0) is 17.0 Å². The van der Waals surface area contributed by atoms with E-state index in [-0.39, 0.29) is 5.92 Å². The first-order valence-electron chi connectivity index (χ1n) is 5.48. The van der Waals surface area contributed by atoms with Crippen LogP contribution in [-0.2, 0) is 10.8 Å². The number of rotatable bonds is 5. The minimum absolute atomic E-state index is 0.166. The molecule has 0 aliphatic heterocycles. The highest BCUT2D eigenvalue weighted by atomic mass is 32.2. The van der Waals surface area contributed by atoms with Gasteiger partial charge in [0.15, 0.2) is 0 Å². The molecule has 0 spiro atoms. The van der Waals surface area contributed by atoms with E-state index >= 15 is 0 Å². The van der Waals surface area contributed by atoms with E-state index in [1.165, 1.54) is 16.9 Å². The maximum atomic E-state index is 12.1. The molecule has 0 radical (unpaired) electrons. The standard InChI is InChI=1S/C13H15NOS2/c14-9-12(11-5-2-1-3-6-11)10-17(15)13-7-4-8-16-13/h1-8,12H,9-10,14H2. The minimum Gasteiger partial charge on any atom is -0.330 e. The molecule has 2 atom stereocenters. The Labute approximate surface area is 108 Å². The molecule has 4 heteroatoms. The fourth-order valence-electron chi connectivity index (χ4n) is 1.68. The zero-order chi connectivity index (χ0) is 12.1. The van der Waals surface area contributed by atoms with Gasteiger partial charge < -0.3 is 5.73 Å². The van der Waals surface area contributed by atoms with Gasteiger partial charge in [0.05, 0.1) is 15.0 Å². The lowest BCUT2D eigenvalue weighted by Crippen LogP contribution is -2.18. The van der Waals surface area contributed by atoms with Crippen LogP contribution in [0.2, 0.25) is 0 Å². The van der Waals surface area contributed by atoms with Crippen LogP contribution in [0.1, 0.15) is 11.5 Å². The van der Waals surface area contributed by atoms with Crippen molar-refractivity contribution in [2.75, 3.05) is 12.3 Å². The summed E-state index contributed by atoms with van der Waals surface area (Å²) < 4.78 is 13.0. The molecule has 0 aliphatic rings. The molecule has 0 saturated carbocycles. The maximum absolute atomic E-state index is 12.1. The maximum Gasteiger partial charge on any atom is 0.0910 e. The van der Waals surface area contributed by atoms with Gasteiger partial charge >= 0.3 is 0 Å². The van der Waals surface area contributed by atoms with Crippen LogP contribution in [-0.4, -0.2) is 16.5 Å². The normalized spacial score (nSPS) is 14.4. The first-order chi connectivity index (χ1) is 8.31. The molecule has 2 N–H and O–H groups in total. The quantitative estimate of drug-likeness (QED) is 0.903. The van der Waals surface area contributed by atoms with E-state index in [2.05, 4.69) is 0 Å². The number of benzene rings is 1. The number of thiophene rings is 1. The number of hydrogen-bond donors (Lipinski definition) is 1. The van der Waals surface area contributed by atoms with Crippen LogP contribution >= 0.6 is 11.3 Å². The molecule has 0 amide bonds. The monoisotopic (exact) mass is 265 g/mol. The molecule has 2 aromatic rings. The highest BCUT2D eigenvalue weighted by Crippen LogP contribution is 2.21. The Morgan fingerprint density at radius 2 is 1.94 bits per heavy atom. The molecule has 90 valence electrons. The van der Waals surface area contributed by atoms with Gasteiger partial charge in [-0.2, -0.15) is 0 Å². The summed E-state index contributed by atoms with van der Waals surface area (Å²) in [5.74, 6) is 0.764. The average molecular weight is 265 g/mol. The van der Waals surface area contributed by atoms with Gasteiger partial charge in [0, 0.05) is 18.2 Å². The molecule has 1 aromatic heterocycles. The highest BCUT2D eigenvalue weighted by Gasteiger charge is 2.15. The average Bonchev–Trinajstić information content (AvgIpc) is 2.90. The lowest BCUT2D eigenvalue weighted by Gasteiger charge is -2.14. The summed E-state index contributed by atoms with van der Waals surface area (Å²) in [6, 6.07) is 13.9. The Balaban J connectivity index is 2.09. The highest BCUT2D eigenvalue weighted by molar-refractivity contribution is 7.87. The Morgan fingerprint density at radius 3 is 2.53 bits per heavy atom. The van der Waals surface area contributed by atoms with Crippen LogP contribution in [0.25, 0.3) is 0 Å². The van der Waals surface area contributed by atoms with Crippen LogP contribution in [0.15, 0.2) is 52.1 Å². The lowest BCUT2D eigenvalue weighted by molar-refractivity contribution is 0.674. The second-order valence-corrected chi connectivity index (χ2v) is 6.46. The van der Waals surface area contributed by atoms with E-state index in [4.69, 9.17) is 5.73 Å². The molecule has 1 aromatic carbocycles. The molecule has 0 bridgehead atoms. The summed E-state index contributed by atoms with van der Waals surface area (Å²) in [5.41, 5.74) is 6.94. The van der Waals surface area contributed by atoms with Gasteiger partial charge in [-0.1, -0.05) is 36.4 Å². The Morgan fingerprint density at radius 1 is 1.18 bits per heavy atom. The van der Waals surface area contributed by atoms with Gasteiger partial charge in [0.1, 0.15) is 0 Å². The van der Waals surface area contributed by atoms with Crippen molar-refractivity contribution in [3.63, 3.8) is 0 Å². The van der Waals surface area contributed by atoms with Crippen LogP contribution in [0.3, 0.4) is 0 Å². The molecule has 17 heavy (non-hydrogen) atoms. The summed E-state index contributed by atoms with van der Waals surface area (Å²) in [6.45, 7) is 0.529. The SMILES string of the molecule is NCC(CS(=O)c1cccs1)c1ccccc1. The Bertz CT molecular complexity index is 467. The zero-order valence-electron chi connectivity index (χ0n) is 9.41. The largest absolute Gasteiger partial charge is 0.330 e. The van der Waals surface area contributed by atoms with E-state index in [1.54, 1.807) is 0 Å². The van der Waals surface area contributed by atoms with Gasteiger partial charge in [0.25, 0.3) is 0 Å². The number of hydrogen-bond acceptors (Lipinski definition) is 3. The molecular formula is C13H15NOS2. The van der Waals surface area contributed by atoms with Crippen molar-refractivity contribution in [1.29, 1.82) is 0 Å². The molecule has 0 saturated heterocycles. The van der Waals surface area contributed by atoms with E-state index in [1.807, 2.05) is 47.8 Å². The van der Waals surface area contributed by atoms with Gasteiger partial charge in [-0.25, -0.2) is 0 Å². The van der Waals surface area contributed by atoms with Crippen molar-refractivity contribution in [3.05, 3.63) is 53.4 Å². The predicted molar refractivity (Wildman–Crippen MR) is 73.8 cm³/mol. The van der Waals surface area contributed by atoms with E-state index in [0.717, 1.165) is 4.21 Å². The Hall–Kier alpha value is -0.970. The Kier molecular flexibility index (Phi) is 4.48. The zero-order valence-corrected chi connectivity index (χ0v) is 11.0. The van der Waals surface area contributed by atoms with Gasteiger partial charge in [0.2, 0.25) is 0 Å². The fraction of sp³-hybridized carbons (Fsp3) is 0.231. The van der Waals surface area contributed by atoms with Crippen molar-refractivity contribution >= 4 is 22.1 Å². The molecule has 0 fully saturated rings. The summed E-state index contributed by atoms with van der Waals surface area (Å²) in [5, 5.41) is 1.95. The third kappa shape index (κ3) is 3.25.